The minimum atomic E-state index is -0.0478. The van der Waals surface area contributed by atoms with Crippen molar-refractivity contribution < 1.29 is 9.53 Å². The van der Waals surface area contributed by atoms with Crippen LogP contribution in [0.15, 0.2) is 6.07 Å². The van der Waals surface area contributed by atoms with E-state index in [0.29, 0.717) is 37.9 Å². The number of nitrogens with one attached hydrogen (secondary N) is 1. The van der Waals surface area contributed by atoms with Gasteiger partial charge in [0.1, 0.15) is 5.69 Å². The lowest BCUT2D eigenvalue weighted by Crippen LogP contribution is -2.41. The Morgan fingerprint density at radius 2 is 2.16 bits per heavy atom. The van der Waals surface area contributed by atoms with Crippen molar-refractivity contribution in [3.63, 3.8) is 0 Å². The third-order valence-corrected chi connectivity index (χ3v) is 2.90. The molecule has 1 aliphatic rings. The highest BCUT2D eigenvalue weighted by Gasteiger charge is 2.20. The molecule has 0 aliphatic carbocycles. The number of amides is 1. The fourth-order valence-electron chi connectivity index (χ4n) is 1.92. The van der Waals surface area contributed by atoms with Gasteiger partial charge in [-0.2, -0.15) is 0 Å². The number of morpholine rings is 1. The molecule has 2 heterocycles. The van der Waals surface area contributed by atoms with Crippen molar-refractivity contribution in [3.8, 4) is 0 Å². The van der Waals surface area contributed by atoms with Crippen molar-refractivity contribution in [2.45, 2.75) is 20.3 Å². The van der Waals surface area contributed by atoms with Crippen LogP contribution in [0.2, 0.25) is 0 Å². The fraction of sp³-hybridized carbons (Fsp3) is 0.615. The minimum Gasteiger partial charge on any atom is -0.378 e. The lowest BCUT2D eigenvalue weighted by atomic mass is 10.3. The monoisotopic (exact) mass is 264 g/mol. The summed E-state index contributed by atoms with van der Waals surface area (Å²) in [7, 11) is 0. The molecule has 6 nitrogen and oxygen atoms in total. The Hall–Kier alpha value is -1.69. The van der Waals surface area contributed by atoms with Gasteiger partial charge in [0.05, 0.1) is 13.2 Å². The van der Waals surface area contributed by atoms with Gasteiger partial charge in [0.15, 0.2) is 0 Å². The van der Waals surface area contributed by atoms with E-state index in [2.05, 4.69) is 22.2 Å². The summed E-state index contributed by atoms with van der Waals surface area (Å²) in [5, 5.41) is 3.12. The van der Waals surface area contributed by atoms with Crippen molar-refractivity contribution in [3.05, 3.63) is 17.5 Å². The molecule has 0 bridgehead atoms. The van der Waals surface area contributed by atoms with Crippen molar-refractivity contribution in [1.29, 1.82) is 0 Å². The van der Waals surface area contributed by atoms with Gasteiger partial charge in [0.2, 0.25) is 5.95 Å². The summed E-state index contributed by atoms with van der Waals surface area (Å²) in [5.41, 5.74) is 1.25. The molecule has 0 aromatic carbocycles. The van der Waals surface area contributed by atoms with E-state index < -0.39 is 0 Å². The van der Waals surface area contributed by atoms with Crippen molar-refractivity contribution in [1.82, 2.24) is 14.9 Å². The smallest absolute Gasteiger partial charge is 0.272 e. The predicted octanol–water partition coefficient (Wildman–Crippen LogP) is 1.08. The lowest BCUT2D eigenvalue weighted by Gasteiger charge is -2.26. The van der Waals surface area contributed by atoms with E-state index in [9.17, 15) is 4.79 Å². The van der Waals surface area contributed by atoms with Crippen LogP contribution in [0.1, 0.15) is 29.5 Å². The Labute approximate surface area is 113 Å². The number of rotatable bonds is 4. The second-order valence-corrected chi connectivity index (χ2v) is 4.55. The molecule has 1 saturated heterocycles. The third-order valence-electron chi connectivity index (χ3n) is 2.90. The zero-order chi connectivity index (χ0) is 13.7. The summed E-state index contributed by atoms with van der Waals surface area (Å²) in [6.07, 6.45) is 0.990. The summed E-state index contributed by atoms with van der Waals surface area (Å²) in [6.45, 7) is 7.18. The molecule has 104 valence electrons. The number of carbonyl (C=O) groups is 1. The van der Waals surface area contributed by atoms with Gasteiger partial charge in [0, 0.05) is 25.3 Å². The van der Waals surface area contributed by atoms with E-state index in [1.807, 2.05) is 6.92 Å². The number of aromatic nitrogens is 2. The first-order chi connectivity index (χ1) is 9.20. The maximum Gasteiger partial charge on any atom is 0.272 e. The van der Waals surface area contributed by atoms with Crippen molar-refractivity contribution >= 4 is 11.9 Å². The molecule has 0 spiro atoms. The van der Waals surface area contributed by atoms with Gasteiger partial charge in [-0.05, 0) is 19.4 Å². The van der Waals surface area contributed by atoms with Gasteiger partial charge in [0.25, 0.3) is 5.91 Å². The molecule has 6 heteroatoms. The molecule has 0 unspecified atom stereocenters. The molecule has 1 amide bonds. The first-order valence-corrected chi connectivity index (χ1v) is 6.67. The van der Waals surface area contributed by atoms with Gasteiger partial charge in [-0.15, -0.1) is 0 Å². The maximum atomic E-state index is 12.3. The van der Waals surface area contributed by atoms with Crippen molar-refractivity contribution in [2.75, 3.05) is 38.2 Å². The molecule has 2 rings (SSSR count). The Kier molecular flexibility index (Phi) is 4.68. The largest absolute Gasteiger partial charge is 0.378 e. The maximum absolute atomic E-state index is 12.3. The molecular weight excluding hydrogens is 244 g/mol. The zero-order valence-corrected chi connectivity index (χ0v) is 11.5. The number of aryl methyl sites for hydroxylation is 1. The van der Waals surface area contributed by atoms with Gasteiger partial charge < -0.3 is 15.0 Å². The molecule has 1 N–H and O–H groups in total. The van der Waals surface area contributed by atoms with Crippen LogP contribution in [0.4, 0.5) is 5.95 Å². The normalized spacial score (nSPS) is 15.4. The van der Waals surface area contributed by atoms with Crippen LogP contribution >= 0.6 is 0 Å². The highest BCUT2D eigenvalue weighted by atomic mass is 16.5. The summed E-state index contributed by atoms with van der Waals surface area (Å²) in [6, 6.07) is 1.73. The Morgan fingerprint density at radius 1 is 1.42 bits per heavy atom. The SMILES string of the molecule is CCCNc1nc(C)cc(C(=O)N2CCOCC2)n1. The van der Waals surface area contributed by atoms with Crippen LogP contribution in [0.3, 0.4) is 0 Å². The number of carbonyl (C=O) groups excluding carboxylic acids is 1. The zero-order valence-electron chi connectivity index (χ0n) is 11.5. The third kappa shape index (κ3) is 3.64. The second-order valence-electron chi connectivity index (χ2n) is 4.55. The molecule has 0 saturated carbocycles. The average molecular weight is 264 g/mol. The highest BCUT2D eigenvalue weighted by molar-refractivity contribution is 5.92. The van der Waals surface area contributed by atoms with Crippen LogP contribution in [0.25, 0.3) is 0 Å². The van der Waals surface area contributed by atoms with E-state index in [0.717, 1.165) is 18.7 Å². The number of hydrogen-bond acceptors (Lipinski definition) is 5. The number of hydrogen-bond donors (Lipinski definition) is 1. The summed E-state index contributed by atoms with van der Waals surface area (Å²) in [4.78, 5) is 22.7. The van der Waals surface area contributed by atoms with Crippen LogP contribution < -0.4 is 5.32 Å². The van der Waals surface area contributed by atoms with Crippen molar-refractivity contribution in [2.24, 2.45) is 0 Å². The number of anilines is 1. The molecule has 19 heavy (non-hydrogen) atoms. The van der Waals surface area contributed by atoms with Gasteiger partial charge in [-0.3, -0.25) is 4.79 Å². The molecule has 0 radical (unpaired) electrons. The second kappa shape index (κ2) is 6.47. The summed E-state index contributed by atoms with van der Waals surface area (Å²) in [5.74, 6) is 0.479. The lowest BCUT2D eigenvalue weighted by molar-refractivity contribution is 0.0299. The quantitative estimate of drug-likeness (QED) is 0.881. The minimum absolute atomic E-state index is 0.0478. The molecule has 0 atom stereocenters. The van der Waals surface area contributed by atoms with E-state index in [-0.39, 0.29) is 5.91 Å². The Bertz CT molecular complexity index is 444. The van der Waals surface area contributed by atoms with E-state index in [1.54, 1.807) is 11.0 Å². The number of nitrogens with zero attached hydrogens (tertiary/aromatic N) is 3. The summed E-state index contributed by atoms with van der Waals surface area (Å²) >= 11 is 0. The topological polar surface area (TPSA) is 67.4 Å². The molecule has 1 fully saturated rings. The Balaban J connectivity index is 2.13. The van der Waals surface area contributed by atoms with E-state index >= 15 is 0 Å². The van der Waals surface area contributed by atoms with Gasteiger partial charge >= 0.3 is 0 Å². The predicted molar refractivity (Wildman–Crippen MR) is 72.3 cm³/mol. The Morgan fingerprint density at radius 3 is 2.84 bits per heavy atom. The molecule has 1 aromatic heterocycles. The van der Waals surface area contributed by atoms with Gasteiger partial charge in [-0.25, -0.2) is 9.97 Å². The molecular formula is C13H20N4O2. The number of ether oxygens (including phenoxy) is 1. The highest BCUT2D eigenvalue weighted by Crippen LogP contribution is 2.09. The van der Waals surface area contributed by atoms with Gasteiger partial charge in [-0.1, -0.05) is 6.92 Å². The average Bonchev–Trinajstić information content (AvgIpc) is 2.44. The molecule has 1 aromatic rings. The van der Waals surface area contributed by atoms with E-state index in [1.165, 1.54) is 0 Å². The van der Waals surface area contributed by atoms with Crippen LogP contribution in [-0.2, 0) is 4.74 Å². The summed E-state index contributed by atoms with van der Waals surface area (Å²) < 4.78 is 5.25. The van der Waals surface area contributed by atoms with E-state index in [4.69, 9.17) is 4.74 Å². The van der Waals surface area contributed by atoms with Crippen LogP contribution in [0, 0.1) is 6.92 Å². The fourth-order valence-corrected chi connectivity index (χ4v) is 1.92. The standard InChI is InChI=1S/C13H20N4O2/c1-3-4-14-13-15-10(2)9-11(16-13)12(18)17-5-7-19-8-6-17/h9H,3-8H2,1-2H3,(H,14,15,16). The first-order valence-electron chi connectivity index (χ1n) is 6.67. The van der Waals surface area contributed by atoms with Crippen LogP contribution in [0.5, 0.6) is 0 Å². The molecule has 1 aliphatic heterocycles. The van der Waals surface area contributed by atoms with Crippen LogP contribution in [-0.4, -0.2) is 53.6 Å². The first kappa shape index (κ1) is 13.7.